The Morgan fingerprint density at radius 2 is 2.00 bits per heavy atom. The van der Waals surface area contributed by atoms with Gasteiger partial charge < -0.3 is 14.2 Å². The molecule has 1 aliphatic rings. The van der Waals surface area contributed by atoms with Crippen LogP contribution in [0.3, 0.4) is 0 Å². The lowest BCUT2D eigenvalue weighted by Gasteiger charge is -2.22. The molecule has 0 spiro atoms. The Bertz CT molecular complexity index is 168. The molecule has 4 nitrogen and oxygen atoms in total. The zero-order chi connectivity index (χ0) is 8.86. The first-order chi connectivity index (χ1) is 5.83. The predicted molar refractivity (Wildman–Crippen MR) is 41.6 cm³/mol. The first-order valence-electron chi connectivity index (χ1n) is 4.04. The van der Waals surface area contributed by atoms with Crippen LogP contribution >= 0.6 is 0 Å². The molecule has 1 saturated heterocycles. The minimum atomic E-state index is -0.884. The van der Waals surface area contributed by atoms with Gasteiger partial charge in [0.2, 0.25) is 0 Å². The van der Waals surface area contributed by atoms with E-state index in [1.54, 1.807) is 0 Å². The van der Waals surface area contributed by atoms with E-state index in [0.717, 1.165) is 0 Å². The van der Waals surface area contributed by atoms with Crippen LogP contribution < -0.4 is 0 Å². The fourth-order valence-electron chi connectivity index (χ4n) is 1.09. The van der Waals surface area contributed by atoms with Crippen molar-refractivity contribution in [2.75, 3.05) is 33.0 Å². The highest BCUT2D eigenvalue weighted by molar-refractivity contribution is 5.02. The molecule has 0 amide bonds. The Balaban J connectivity index is 2.56. The van der Waals surface area contributed by atoms with E-state index in [0.29, 0.717) is 33.0 Å². The van der Waals surface area contributed by atoms with E-state index in [4.69, 9.17) is 19.5 Å². The normalized spacial score (nSPS) is 22.7. The molecule has 0 aromatic heterocycles. The first-order valence-corrected chi connectivity index (χ1v) is 4.04. The summed E-state index contributed by atoms with van der Waals surface area (Å²) in [4.78, 5) is 0. The van der Waals surface area contributed by atoms with Gasteiger partial charge in [-0.3, -0.25) is 0 Å². The van der Waals surface area contributed by atoms with Gasteiger partial charge in [0.05, 0.1) is 26.4 Å². The molecule has 68 valence electrons. The fraction of sp³-hybridized carbons (Fsp3) is 0.875. The average Bonchev–Trinajstić information content (AvgIpc) is 2.32. The van der Waals surface area contributed by atoms with Gasteiger partial charge in [0.25, 0.3) is 0 Å². The van der Waals surface area contributed by atoms with Crippen LogP contribution in [-0.4, -0.2) is 38.6 Å². The van der Waals surface area contributed by atoms with Gasteiger partial charge in [0.15, 0.2) is 5.60 Å². The highest BCUT2D eigenvalue weighted by Gasteiger charge is 2.33. The van der Waals surface area contributed by atoms with E-state index in [-0.39, 0.29) is 0 Å². The molecule has 1 fully saturated rings. The summed E-state index contributed by atoms with van der Waals surface area (Å²) in [5, 5.41) is 8.86. The molecule has 1 aliphatic heterocycles. The van der Waals surface area contributed by atoms with Crippen molar-refractivity contribution in [2.24, 2.45) is 0 Å². The molecule has 0 saturated carbocycles. The van der Waals surface area contributed by atoms with Crippen LogP contribution in [-0.2, 0) is 14.2 Å². The van der Waals surface area contributed by atoms with E-state index in [1.807, 2.05) is 6.92 Å². The second-order valence-electron chi connectivity index (χ2n) is 2.64. The fourth-order valence-corrected chi connectivity index (χ4v) is 1.09. The van der Waals surface area contributed by atoms with Gasteiger partial charge in [-0.15, -0.1) is 0 Å². The third kappa shape index (κ3) is 2.18. The lowest BCUT2D eigenvalue weighted by atomic mass is 10.1. The van der Waals surface area contributed by atoms with Gasteiger partial charge in [-0.2, -0.15) is 5.26 Å². The summed E-state index contributed by atoms with van der Waals surface area (Å²) >= 11 is 0. The second kappa shape index (κ2) is 4.41. The molecular formula is C8H13NO3. The van der Waals surface area contributed by atoms with Crippen LogP contribution in [0.25, 0.3) is 0 Å². The summed E-state index contributed by atoms with van der Waals surface area (Å²) < 4.78 is 15.7. The summed E-state index contributed by atoms with van der Waals surface area (Å²) in [6.07, 6.45) is 0. The van der Waals surface area contributed by atoms with Crippen molar-refractivity contribution in [1.29, 1.82) is 5.26 Å². The molecule has 0 aliphatic carbocycles. The number of nitriles is 1. The van der Waals surface area contributed by atoms with Crippen molar-refractivity contribution in [2.45, 2.75) is 12.5 Å². The Morgan fingerprint density at radius 1 is 1.42 bits per heavy atom. The number of ether oxygens (including phenoxy) is 3. The maximum Gasteiger partial charge on any atom is 0.200 e. The van der Waals surface area contributed by atoms with Crippen molar-refractivity contribution in [3.8, 4) is 6.07 Å². The number of hydrogen-bond donors (Lipinski definition) is 0. The molecule has 4 heteroatoms. The molecule has 1 rings (SSSR count). The summed E-state index contributed by atoms with van der Waals surface area (Å²) in [7, 11) is 0. The van der Waals surface area contributed by atoms with E-state index in [1.165, 1.54) is 0 Å². The van der Waals surface area contributed by atoms with Crippen LogP contribution in [0.15, 0.2) is 0 Å². The highest BCUT2D eigenvalue weighted by Crippen LogP contribution is 2.13. The highest BCUT2D eigenvalue weighted by atomic mass is 16.6. The molecule has 12 heavy (non-hydrogen) atoms. The molecular weight excluding hydrogens is 158 g/mol. The van der Waals surface area contributed by atoms with E-state index in [9.17, 15) is 0 Å². The van der Waals surface area contributed by atoms with Crippen LogP contribution in [0.2, 0.25) is 0 Å². The van der Waals surface area contributed by atoms with Crippen LogP contribution in [0.4, 0.5) is 0 Å². The zero-order valence-electron chi connectivity index (χ0n) is 7.21. The van der Waals surface area contributed by atoms with E-state index >= 15 is 0 Å². The third-order valence-corrected chi connectivity index (χ3v) is 1.67. The third-order valence-electron chi connectivity index (χ3n) is 1.67. The van der Waals surface area contributed by atoms with Crippen LogP contribution in [0.5, 0.6) is 0 Å². The van der Waals surface area contributed by atoms with Gasteiger partial charge in [-0.25, -0.2) is 0 Å². The van der Waals surface area contributed by atoms with Gasteiger partial charge in [-0.05, 0) is 6.92 Å². The molecule has 0 atom stereocenters. The SMILES string of the molecule is CCOC1(C#N)COCCOC1. The van der Waals surface area contributed by atoms with Crippen molar-refractivity contribution < 1.29 is 14.2 Å². The van der Waals surface area contributed by atoms with Crippen LogP contribution in [0, 0.1) is 11.3 Å². The average molecular weight is 171 g/mol. The number of nitrogens with zero attached hydrogens (tertiary/aromatic N) is 1. The summed E-state index contributed by atoms with van der Waals surface area (Å²) in [5.41, 5.74) is -0.884. The molecule has 0 bridgehead atoms. The van der Waals surface area contributed by atoms with E-state index in [2.05, 4.69) is 6.07 Å². The quantitative estimate of drug-likeness (QED) is 0.601. The number of rotatable bonds is 2. The smallest absolute Gasteiger partial charge is 0.200 e. The molecule has 0 radical (unpaired) electrons. The molecule has 0 N–H and O–H groups in total. The first kappa shape index (κ1) is 9.46. The van der Waals surface area contributed by atoms with Crippen LogP contribution in [0.1, 0.15) is 6.92 Å². The van der Waals surface area contributed by atoms with Gasteiger partial charge in [0, 0.05) is 6.61 Å². The summed E-state index contributed by atoms with van der Waals surface area (Å²) in [6.45, 7) is 4.03. The predicted octanol–water partition coefficient (Wildman–Crippen LogP) is 0.332. The van der Waals surface area contributed by atoms with Crippen molar-refractivity contribution in [1.82, 2.24) is 0 Å². The topological polar surface area (TPSA) is 51.5 Å². The van der Waals surface area contributed by atoms with Crippen molar-refractivity contribution >= 4 is 0 Å². The molecule has 0 aromatic rings. The Kier molecular flexibility index (Phi) is 3.48. The lowest BCUT2D eigenvalue weighted by Crippen LogP contribution is -2.39. The molecule has 0 unspecified atom stereocenters. The van der Waals surface area contributed by atoms with Gasteiger partial charge in [-0.1, -0.05) is 0 Å². The molecule has 0 aromatic carbocycles. The Labute approximate surface area is 72.0 Å². The maximum absolute atomic E-state index is 8.86. The van der Waals surface area contributed by atoms with E-state index < -0.39 is 5.60 Å². The maximum atomic E-state index is 8.86. The number of hydrogen-bond acceptors (Lipinski definition) is 4. The Hall–Kier alpha value is -0.630. The van der Waals surface area contributed by atoms with Gasteiger partial charge in [0.1, 0.15) is 6.07 Å². The monoisotopic (exact) mass is 171 g/mol. The zero-order valence-corrected chi connectivity index (χ0v) is 7.21. The summed E-state index contributed by atoms with van der Waals surface area (Å²) in [6, 6.07) is 2.09. The van der Waals surface area contributed by atoms with Crippen molar-refractivity contribution in [3.05, 3.63) is 0 Å². The summed E-state index contributed by atoms with van der Waals surface area (Å²) in [5.74, 6) is 0. The van der Waals surface area contributed by atoms with Crippen molar-refractivity contribution in [3.63, 3.8) is 0 Å². The lowest BCUT2D eigenvalue weighted by molar-refractivity contribution is -0.0653. The minimum absolute atomic E-state index is 0.303. The Morgan fingerprint density at radius 3 is 2.42 bits per heavy atom. The largest absolute Gasteiger partial charge is 0.375 e. The van der Waals surface area contributed by atoms with Gasteiger partial charge >= 0.3 is 0 Å². The standard InChI is InChI=1S/C8H13NO3/c1-2-12-8(5-9)6-10-3-4-11-7-8/h2-4,6-7H2,1H3. The molecule has 1 heterocycles. The minimum Gasteiger partial charge on any atom is -0.375 e. The second-order valence-corrected chi connectivity index (χ2v) is 2.64.